The van der Waals surface area contributed by atoms with Gasteiger partial charge in [0.15, 0.2) is 0 Å². The molecule has 0 amide bonds. The number of carboxylic acid groups (broad SMARTS) is 1. The quantitative estimate of drug-likeness (QED) is 0.875. The van der Waals surface area contributed by atoms with Crippen LogP contribution in [0.4, 0.5) is 0 Å². The van der Waals surface area contributed by atoms with Gasteiger partial charge >= 0.3 is 5.97 Å². The van der Waals surface area contributed by atoms with Crippen molar-refractivity contribution in [2.45, 2.75) is 6.92 Å². The molecule has 1 N–H and O–H groups in total. The summed E-state index contributed by atoms with van der Waals surface area (Å²) in [4.78, 5) is 10.9. The lowest BCUT2D eigenvalue weighted by molar-refractivity contribution is 0.0696. The van der Waals surface area contributed by atoms with Crippen LogP contribution in [0.5, 0.6) is 5.75 Å². The van der Waals surface area contributed by atoms with E-state index < -0.39 is 5.97 Å². The maximum Gasteiger partial charge on any atom is 0.335 e. The minimum Gasteiger partial charge on any atom is -0.492 e. The molecule has 0 saturated carbocycles. The van der Waals surface area contributed by atoms with E-state index in [1.807, 2.05) is 6.92 Å². The zero-order valence-corrected chi connectivity index (χ0v) is 9.33. The first-order chi connectivity index (χ1) is 8.22. The van der Waals surface area contributed by atoms with E-state index in [4.69, 9.17) is 9.84 Å². The van der Waals surface area contributed by atoms with Gasteiger partial charge in [-0.25, -0.2) is 9.48 Å². The normalized spacial score (nSPS) is 10.2. The zero-order valence-electron chi connectivity index (χ0n) is 9.33. The van der Waals surface area contributed by atoms with Gasteiger partial charge in [0.25, 0.3) is 0 Å². The third kappa shape index (κ3) is 2.28. The number of nitrogens with zero attached hydrogens (tertiary/aromatic N) is 2. The molecular weight excluding hydrogens is 220 g/mol. The highest BCUT2D eigenvalue weighted by atomic mass is 16.5. The van der Waals surface area contributed by atoms with E-state index in [0.29, 0.717) is 12.4 Å². The van der Waals surface area contributed by atoms with Gasteiger partial charge in [0.1, 0.15) is 11.4 Å². The van der Waals surface area contributed by atoms with Gasteiger partial charge in [-0.05, 0) is 31.2 Å². The molecule has 0 bridgehead atoms. The summed E-state index contributed by atoms with van der Waals surface area (Å²) in [5.74, 6) is -0.464. The SMILES string of the molecule is CCOc1cc(C(=O)O)ccc1-n1cccn1. The van der Waals surface area contributed by atoms with E-state index in [2.05, 4.69) is 5.10 Å². The second-order valence-corrected chi connectivity index (χ2v) is 3.37. The van der Waals surface area contributed by atoms with Crippen LogP contribution < -0.4 is 4.74 Å². The first kappa shape index (κ1) is 11.2. The Balaban J connectivity index is 2.48. The third-order valence-corrected chi connectivity index (χ3v) is 2.26. The fourth-order valence-electron chi connectivity index (χ4n) is 1.52. The van der Waals surface area contributed by atoms with Gasteiger partial charge in [-0.15, -0.1) is 0 Å². The molecule has 0 aliphatic heterocycles. The van der Waals surface area contributed by atoms with Gasteiger partial charge in [-0.3, -0.25) is 0 Å². The van der Waals surface area contributed by atoms with Crippen LogP contribution in [0, 0.1) is 0 Å². The van der Waals surface area contributed by atoms with E-state index in [-0.39, 0.29) is 5.56 Å². The summed E-state index contributed by atoms with van der Waals surface area (Å²) in [7, 11) is 0. The molecule has 2 rings (SSSR count). The number of rotatable bonds is 4. The van der Waals surface area contributed by atoms with Gasteiger partial charge in [0, 0.05) is 12.4 Å². The van der Waals surface area contributed by atoms with Crippen molar-refractivity contribution >= 4 is 5.97 Å². The number of aromatic nitrogens is 2. The summed E-state index contributed by atoms with van der Waals surface area (Å²) < 4.78 is 7.06. The average molecular weight is 232 g/mol. The van der Waals surface area contributed by atoms with Crippen LogP contribution in [-0.2, 0) is 0 Å². The maximum atomic E-state index is 10.9. The molecule has 1 aromatic heterocycles. The molecule has 2 aromatic rings. The van der Waals surface area contributed by atoms with Crippen LogP contribution in [0.1, 0.15) is 17.3 Å². The van der Waals surface area contributed by atoms with Crippen molar-refractivity contribution in [2.75, 3.05) is 6.61 Å². The molecule has 5 nitrogen and oxygen atoms in total. The Labute approximate surface area is 98.3 Å². The van der Waals surface area contributed by atoms with Crippen molar-refractivity contribution in [1.29, 1.82) is 0 Å². The third-order valence-electron chi connectivity index (χ3n) is 2.26. The molecule has 88 valence electrons. The van der Waals surface area contributed by atoms with Gasteiger partial charge in [0.2, 0.25) is 0 Å². The molecule has 0 spiro atoms. The predicted molar refractivity (Wildman–Crippen MR) is 61.7 cm³/mol. The van der Waals surface area contributed by atoms with Crippen LogP contribution in [0.3, 0.4) is 0 Å². The molecule has 0 fully saturated rings. The molecule has 0 atom stereocenters. The Kier molecular flexibility index (Phi) is 3.09. The molecule has 5 heteroatoms. The summed E-state index contributed by atoms with van der Waals surface area (Å²) >= 11 is 0. The number of hydrogen-bond donors (Lipinski definition) is 1. The van der Waals surface area contributed by atoms with E-state index in [9.17, 15) is 4.79 Å². The Morgan fingerprint density at radius 1 is 1.53 bits per heavy atom. The van der Waals surface area contributed by atoms with Crippen molar-refractivity contribution in [3.05, 3.63) is 42.2 Å². The number of carbonyl (C=O) groups is 1. The van der Waals surface area contributed by atoms with Crippen LogP contribution in [0.25, 0.3) is 5.69 Å². The second-order valence-electron chi connectivity index (χ2n) is 3.37. The molecule has 0 saturated heterocycles. The van der Waals surface area contributed by atoms with Crippen molar-refractivity contribution in [3.8, 4) is 11.4 Å². The van der Waals surface area contributed by atoms with Crippen LogP contribution in [-0.4, -0.2) is 27.5 Å². The van der Waals surface area contributed by atoms with Crippen molar-refractivity contribution in [1.82, 2.24) is 9.78 Å². The highest BCUT2D eigenvalue weighted by molar-refractivity contribution is 5.88. The molecule has 0 aliphatic carbocycles. The van der Waals surface area contributed by atoms with Crippen molar-refractivity contribution in [2.24, 2.45) is 0 Å². The minimum atomic E-state index is -0.974. The summed E-state index contributed by atoms with van der Waals surface area (Å²) in [6.45, 7) is 2.32. The molecule has 0 unspecified atom stereocenters. The number of carboxylic acids is 1. The van der Waals surface area contributed by atoms with Gasteiger partial charge in [-0.2, -0.15) is 5.10 Å². The molecule has 1 heterocycles. The van der Waals surface area contributed by atoms with Crippen LogP contribution >= 0.6 is 0 Å². The molecule has 0 aliphatic rings. The first-order valence-electron chi connectivity index (χ1n) is 5.22. The highest BCUT2D eigenvalue weighted by Crippen LogP contribution is 2.24. The molecule has 0 radical (unpaired) electrons. The van der Waals surface area contributed by atoms with Crippen LogP contribution in [0.15, 0.2) is 36.7 Å². The van der Waals surface area contributed by atoms with Crippen molar-refractivity contribution in [3.63, 3.8) is 0 Å². The van der Waals surface area contributed by atoms with E-state index in [0.717, 1.165) is 5.69 Å². The minimum absolute atomic E-state index is 0.198. The Bertz CT molecular complexity index is 521. The fraction of sp³-hybridized carbons (Fsp3) is 0.167. The lowest BCUT2D eigenvalue weighted by atomic mass is 10.2. The summed E-state index contributed by atoms with van der Waals surface area (Å²) in [6.07, 6.45) is 3.43. The van der Waals surface area contributed by atoms with E-state index in [1.165, 1.54) is 12.1 Å². The summed E-state index contributed by atoms with van der Waals surface area (Å²) in [6, 6.07) is 6.51. The standard InChI is InChI=1S/C12H12N2O3/c1-2-17-11-8-9(12(15)16)4-5-10(11)14-7-3-6-13-14/h3-8H,2H2,1H3,(H,15,16). The Morgan fingerprint density at radius 3 is 2.94 bits per heavy atom. The van der Waals surface area contributed by atoms with Crippen LogP contribution in [0.2, 0.25) is 0 Å². The largest absolute Gasteiger partial charge is 0.492 e. The number of aromatic carboxylic acids is 1. The monoisotopic (exact) mass is 232 g/mol. The predicted octanol–water partition coefficient (Wildman–Crippen LogP) is 1.97. The molecular formula is C12H12N2O3. The van der Waals surface area contributed by atoms with E-state index >= 15 is 0 Å². The number of ether oxygens (including phenoxy) is 1. The smallest absolute Gasteiger partial charge is 0.335 e. The lowest BCUT2D eigenvalue weighted by Crippen LogP contribution is -2.04. The van der Waals surface area contributed by atoms with Crippen molar-refractivity contribution < 1.29 is 14.6 Å². The molecule has 1 aromatic carbocycles. The van der Waals surface area contributed by atoms with Gasteiger partial charge in [-0.1, -0.05) is 0 Å². The van der Waals surface area contributed by atoms with E-state index in [1.54, 1.807) is 29.2 Å². The van der Waals surface area contributed by atoms with Gasteiger partial charge in [0.05, 0.1) is 12.2 Å². The fourth-order valence-corrected chi connectivity index (χ4v) is 1.52. The zero-order chi connectivity index (χ0) is 12.3. The maximum absolute atomic E-state index is 10.9. The first-order valence-corrected chi connectivity index (χ1v) is 5.22. The highest BCUT2D eigenvalue weighted by Gasteiger charge is 2.10. The summed E-state index contributed by atoms with van der Waals surface area (Å²) in [5, 5.41) is 13.0. The lowest BCUT2D eigenvalue weighted by Gasteiger charge is -2.10. The number of hydrogen-bond acceptors (Lipinski definition) is 3. The topological polar surface area (TPSA) is 64.3 Å². The second kappa shape index (κ2) is 4.69. The average Bonchev–Trinajstić information content (AvgIpc) is 2.82. The Hall–Kier alpha value is -2.30. The van der Waals surface area contributed by atoms with Gasteiger partial charge < -0.3 is 9.84 Å². The molecule has 17 heavy (non-hydrogen) atoms. The Morgan fingerprint density at radius 2 is 2.35 bits per heavy atom. The summed E-state index contributed by atoms with van der Waals surface area (Å²) in [5.41, 5.74) is 0.922. The number of benzene rings is 1.